The maximum atomic E-state index is 13.2. The molecule has 186 valence electrons. The van der Waals surface area contributed by atoms with Crippen molar-refractivity contribution in [1.29, 1.82) is 0 Å². The molecule has 0 atom stereocenters. The number of nitrogens with zero attached hydrogens (tertiary/aromatic N) is 5. The Morgan fingerprint density at radius 2 is 1.78 bits per heavy atom. The van der Waals surface area contributed by atoms with Gasteiger partial charge in [0, 0.05) is 55.7 Å². The highest BCUT2D eigenvalue weighted by Gasteiger charge is 2.30. The molecule has 1 fully saturated rings. The fourth-order valence-corrected chi connectivity index (χ4v) is 4.21. The van der Waals surface area contributed by atoms with Gasteiger partial charge in [0.1, 0.15) is 0 Å². The Balaban J connectivity index is 1.31. The molecule has 36 heavy (non-hydrogen) atoms. The van der Waals surface area contributed by atoms with E-state index in [1.54, 1.807) is 24.5 Å². The SMILES string of the molecule is CN1CCN(Cc2ccc(Nc3nccc(-c4cn[nH]c4-c4cccc(C(F)(F)F)c4)n3)cc2)CC1. The Morgan fingerprint density at radius 3 is 2.53 bits per heavy atom. The Labute approximate surface area is 207 Å². The van der Waals surface area contributed by atoms with E-state index in [0.717, 1.165) is 50.5 Å². The summed E-state index contributed by atoms with van der Waals surface area (Å²) in [6.45, 7) is 5.21. The van der Waals surface area contributed by atoms with E-state index in [1.165, 1.54) is 11.6 Å². The van der Waals surface area contributed by atoms with Crippen LogP contribution in [0.2, 0.25) is 0 Å². The largest absolute Gasteiger partial charge is 0.416 e. The molecule has 1 aliphatic heterocycles. The van der Waals surface area contributed by atoms with Crippen molar-refractivity contribution in [2.75, 3.05) is 38.5 Å². The van der Waals surface area contributed by atoms with Crippen LogP contribution in [0.15, 0.2) is 67.0 Å². The molecular formula is C26H26F3N7. The van der Waals surface area contributed by atoms with Crippen molar-refractivity contribution < 1.29 is 13.2 Å². The lowest BCUT2D eigenvalue weighted by atomic mass is 10.0. The van der Waals surface area contributed by atoms with Crippen LogP contribution in [0.25, 0.3) is 22.5 Å². The van der Waals surface area contributed by atoms with Crippen molar-refractivity contribution in [1.82, 2.24) is 30.0 Å². The first-order valence-electron chi connectivity index (χ1n) is 11.7. The number of rotatable bonds is 6. The molecule has 2 aromatic carbocycles. The van der Waals surface area contributed by atoms with Crippen LogP contribution >= 0.6 is 0 Å². The minimum atomic E-state index is -4.43. The number of H-pyrrole nitrogens is 1. The highest BCUT2D eigenvalue weighted by atomic mass is 19.4. The van der Waals surface area contributed by atoms with Crippen molar-refractivity contribution >= 4 is 11.6 Å². The van der Waals surface area contributed by atoms with Gasteiger partial charge in [-0.25, -0.2) is 9.97 Å². The van der Waals surface area contributed by atoms with E-state index in [9.17, 15) is 13.2 Å². The number of likely N-dealkylation sites (N-methyl/N-ethyl adjacent to an activating group) is 1. The molecule has 2 N–H and O–H groups in total. The van der Waals surface area contributed by atoms with Gasteiger partial charge in [0.2, 0.25) is 5.95 Å². The van der Waals surface area contributed by atoms with Crippen LogP contribution in [0.1, 0.15) is 11.1 Å². The van der Waals surface area contributed by atoms with Crippen molar-refractivity contribution in [3.05, 3.63) is 78.1 Å². The summed E-state index contributed by atoms with van der Waals surface area (Å²) in [4.78, 5) is 13.7. The second-order valence-electron chi connectivity index (χ2n) is 8.90. The lowest BCUT2D eigenvalue weighted by molar-refractivity contribution is -0.137. The molecule has 4 aromatic rings. The number of hydrogen-bond donors (Lipinski definition) is 2. The molecule has 0 unspecified atom stereocenters. The molecule has 1 saturated heterocycles. The molecule has 1 aliphatic rings. The first-order chi connectivity index (χ1) is 17.3. The summed E-state index contributed by atoms with van der Waals surface area (Å²) in [5, 5.41) is 10.1. The zero-order valence-corrected chi connectivity index (χ0v) is 19.8. The van der Waals surface area contributed by atoms with Gasteiger partial charge in [0.05, 0.1) is 23.1 Å². The maximum absolute atomic E-state index is 13.2. The Kier molecular flexibility index (Phi) is 6.71. The van der Waals surface area contributed by atoms with Crippen molar-refractivity contribution in [3.63, 3.8) is 0 Å². The van der Waals surface area contributed by atoms with Gasteiger partial charge in [0.15, 0.2) is 0 Å². The third kappa shape index (κ3) is 5.55. The lowest BCUT2D eigenvalue weighted by Crippen LogP contribution is -2.43. The smallest absolute Gasteiger partial charge is 0.324 e. The van der Waals surface area contributed by atoms with Gasteiger partial charge in [0.25, 0.3) is 0 Å². The Morgan fingerprint density at radius 1 is 1.00 bits per heavy atom. The fourth-order valence-electron chi connectivity index (χ4n) is 4.21. The van der Waals surface area contributed by atoms with E-state index >= 15 is 0 Å². The first kappa shape index (κ1) is 24.0. The molecule has 2 aromatic heterocycles. The number of nitrogens with one attached hydrogen (secondary N) is 2. The van der Waals surface area contributed by atoms with Crippen LogP contribution in [0.5, 0.6) is 0 Å². The molecule has 7 nitrogen and oxygen atoms in total. The number of hydrogen-bond acceptors (Lipinski definition) is 6. The Hall–Kier alpha value is -3.76. The summed E-state index contributed by atoms with van der Waals surface area (Å²) < 4.78 is 39.6. The van der Waals surface area contributed by atoms with Crippen molar-refractivity contribution in [3.8, 4) is 22.5 Å². The lowest BCUT2D eigenvalue weighted by Gasteiger charge is -2.32. The highest BCUT2D eigenvalue weighted by Crippen LogP contribution is 2.34. The summed E-state index contributed by atoms with van der Waals surface area (Å²) in [6, 6.07) is 15.0. The second-order valence-corrected chi connectivity index (χ2v) is 8.90. The quantitative estimate of drug-likeness (QED) is 0.392. The van der Waals surface area contributed by atoms with Crippen LogP contribution in [-0.4, -0.2) is 63.2 Å². The van der Waals surface area contributed by atoms with E-state index in [0.29, 0.717) is 28.5 Å². The topological polar surface area (TPSA) is 73.0 Å². The molecular weight excluding hydrogens is 467 g/mol. The monoisotopic (exact) mass is 493 g/mol. The van der Waals surface area contributed by atoms with Gasteiger partial charge >= 0.3 is 6.18 Å². The predicted molar refractivity (Wildman–Crippen MR) is 133 cm³/mol. The van der Waals surface area contributed by atoms with E-state index in [1.807, 2.05) is 12.1 Å². The second kappa shape index (κ2) is 10.1. The Bertz CT molecular complexity index is 1310. The maximum Gasteiger partial charge on any atom is 0.416 e. The summed E-state index contributed by atoms with van der Waals surface area (Å²) in [5.41, 5.74) is 3.33. The van der Waals surface area contributed by atoms with E-state index in [2.05, 4.69) is 54.5 Å². The summed E-state index contributed by atoms with van der Waals surface area (Å²) in [6.07, 6.45) is -1.27. The molecule has 3 heterocycles. The summed E-state index contributed by atoms with van der Waals surface area (Å²) >= 11 is 0. The molecule has 5 rings (SSSR count). The van der Waals surface area contributed by atoms with Gasteiger partial charge in [-0.2, -0.15) is 18.3 Å². The number of benzene rings is 2. The molecule has 0 amide bonds. The molecule has 0 aliphatic carbocycles. The molecule has 10 heteroatoms. The molecule has 0 bridgehead atoms. The zero-order valence-electron chi connectivity index (χ0n) is 19.8. The van der Waals surface area contributed by atoms with E-state index < -0.39 is 11.7 Å². The standard InChI is InChI=1S/C26H26F3N7/c1-35-11-13-36(14-12-35)17-18-5-7-21(8-6-18)32-25-30-10-9-23(33-25)22-16-31-34-24(22)19-3-2-4-20(15-19)26(27,28)29/h2-10,15-16H,11-14,17H2,1H3,(H,31,34)(H,30,32,33). The third-order valence-corrected chi connectivity index (χ3v) is 6.26. The average Bonchev–Trinajstić information content (AvgIpc) is 3.37. The number of aromatic amines is 1. The first-order valence-corrected chi connectivity index (χ1v) is 11.7. The van der Waals surface area contributed by atoms with Crippen LogP contribution in [0.3, 0.4) is 0 Å². The number of piperazine rings is 1. The number of aromatic nitrogens is 4. The number of alkyl halides is 3. The van der Waals surface area contributed by atoms with Crippen LogP contribution in [-0.2, 0) is 12.7 Å². The van der Waals surface area contributed by atoms with Crippen molar-refractivity contribution in [2.45, 2.75) is 12.7 Å². The molecule has 0 saturated carbocycles. The van der Waals surface area contributed by atoms with Gasteiger partial charge in [-0.3, -0.25) is 10.00 Å². The number of anilines is 2. The number of halogens is 3. The van der Waals surface area contributed by atoms with Gasteiger partial charge in [-0.15, -0.1) is 0 Å². The third-order valence-electron chi connectivity index (χ3n) is 6.26. The normalized spacial score (nSPS) is 15.2. The van der Waals surface area contributed by atoms with Gasteiger partial charge in [-0.1, -0.05) is 24.3 Å². The van der Waals surface area contributed by atoms with Crippen LogP contribution in [0, 0.1) is 0 Å². The summed E-state index contributed by atoms with van der Waals surface area (Å²) in [5.74, 6) is 0.385. The van der Waals surface area contributed by atoms with E-state index in [-0.39, 0.29) is 0 Å². The highest BCUT2D eigenvalue weighted by molar-refractivity contribution is 5.79. The summed E-state index contributed by atoms with van der Waals surface area (Å²) in [7, 11) is 2.15. The van der Waals surface area contributed by atoms with Gasteiger partial charge < -0.3 is 10.2 Å². The van der Waals surface area contributed by atoms with E-state index in [4.69, 9.17) is 0 Å². The minimum Gasteiger partial charge on any atom is -0.324 e. The zero-order chi connectivity index (χ0) is 25.1. The predicted octanol–water partition coefficient (Wildman–Crippen LogP) is 5.04. The molecule has 0 radical (unpaired) electrons. The fraction of sp³-hybridized carbons (Fsp3) is 0.269. The van der Waals surface area contributed by atoms with Crippen LogP contribution < -0.4 is 5.32 Å². The average molecular weight is 494 g/mol. The van der Waals surface area contributed by atoms with Crippen molar-refractivity contribution in [2.24, 2.45) is 0 Å². The van der Waals surface area contributed by atoms with Gasteiger partial charge in [-0.05, 0) is 42.9 Å². The molecule has 0 spiro atoms. The van der Waals surface area contributed by atoms with Crippen LogP contribution in [0.4, 0.5) is 24.8 Å². The minimum absolute atomic E-state index is 0.376.